The first-order valence-corrected chi connectivity index (χ1v) is 10.1. The van der Waals surface area contributed by atoms with Crippen LogP contribution in [0.4, 0.5) is 5.69 Å². The molecule has 3 aromatic rings. The van der Waals surface area contributed by atoms with Gasteiger partial charge in [0.05, 0.1) is 31.1 Å². The Bertz CT molecular complexity index is 1080. The van der Waals surface area contributed by atoms with Crippen molar-refractivity contribution in [1.29, 1.82) is 0 Å². The zero-order valence-corrected chi connectivity index (χ0v) is 18.0. The standard InChI is InChI=1S/C20H16ClN3O6S/c1-28-18(26)12-7-13(19(27)29-2)9-15(8-12)22-16(25)10-31-20-24-23-17(30-20)11-3-5-14(21)6-4-11/h3-9H,10H2,1-2H3,(H,22,25). The fraction of sp³-hybridized carbons (Fsp3) is 0.150. The van der Waals surface area contributed by atoms with Gasteiger partial charge >= 0.3 is 11.9 Å². The number of carbonyl (C=O) groups excluding carboxylic acids is 3. The number of halogens is 1. The Hall–Kier alpha value is -3.37. The number of rotatable bonds is 7. The highest BCUT2D eigenvalue weighted by atomic mass is 35.5. The number of thioether (sulfide) groups is 1. The maximum absolute atomic E-state index is 12.3. The molecular weight excluding hydrogens is 446 g/mol. The molecule has 0 saturated heterocycles. The van der Waals surface area contributed by atoms with Crippen molar-refractivity contribution in [2.24, 2.45) is 0 Å². The normalized spacial score (nSPS) is 10.4. The van der Waals surface area contributed by atoms with E-state index < -0.39 is 17.8 Å². The molecule has 1 amide bonds. The Balaban J connectivity index is 1.66. The fourth-order valence-electron chi connectivity index (χ4n) is 2.47. The van der Waals surface area contributed by atoms with Crippen LogP contribution in [0.3, 0.4) is 0 Å². The molecule has 11 heteroatoms. The second-order valence-electron chi connectivity index (χ2n) is 6.00. The average Bonchev–Trinajstić information content (AvgIpc) is 3.26. The van der Waals surface area contributed by atoms with Crippen LogP contribution in [0.2, 0.25) is 5.02 Å². The molecule has 0 bridgehead atoms. The van der Waals surface area contributed by atoms with E-state index in [4.69, 9.17) is 16.0 Å². The van der Waals surface area contributed by atoms with E-state index in [0.29, 0.717) is 16.5 Å². The highest BCUT2D eigenvalue weighted by Gasteiger charge is 2.16. The minimum absolute atomic E-state index is 0.0434. The predicted molar refractivity (Wildman–Crippen MR) is 113 cm³/mol. The van der Waals surface area contributed by atoms with Gasteiger partial charge in [0.1, 0.15) is 0 Å². The second-order valence-corrected chi connectivity index (χ2v) is 7.36. The Kier molecular flexibility index (Phi) is 7.27. The molecule has 0 unspecified atom stereocenters. The van der Waals surface area contributed by atoms with Gasteiger partial charge in [-0.25, -0.2) is 9.59 Å². The van der Waals surface area contributed by atoms with Crippen molar-refractivity contribution in [3.63, 3.8) is 0 Å². The van der Waals surface area contributed by atoms with Crippen LogP contribution in [0.1, 0.15) is 20.7 Å². The molecule has 0 spiro atoms. The Morgan fingerprint density at radius 1 is 1.00 bits per heavy atom. The average molecular weight is 462 g/mol. The van der Waals surface area contributed by atoms with Crippen LogP contribution >= 0.6 is 23.4 Å². The zero-order valence-electron chi connectivity index (χ0n) is 16.4. The Morgan fingerprint density at radius 2 is 1.61 bits per heavy atom. The fourth-order valence-corrected chi connectivity index (χ4v) is 3.16. The third-order valence-electron chi connectivity index (χ3n) is 3.88. The lowest BCUT2D eigenvalue weighted by molar-refractivity contribution is -0.113. The van der Waals surface area contributed by atoms with Crippen LogP contribution in [0.15, 0.2) is 52.1 Å². The van der Waals surface area contributed by atoms with Gasteiger partial charge in [-0.05, 0) is 42.5 Å². The molecule has 0 radical (unpaired) electrons. The van der Waals surface area contributed by atoms with Crippen LogP contribution in [0, 0.1) is 0 Å². The van der Waals surface area contributed by atoms with Crippen LogP contribution < -0.4 is 5.32 Å². The first-order valence-electron chi connectivity index (χ1n) is 8.73. The lowest BCUT2D eigenvalue weighted by atomic mass is 10.1. The summed E-state index contributed by atoms with van der Waals surface area (Å²) in [5.41, 5.74) is 1.13. The SMILES string of the molecule is COC(=O)c1cc(NC(=O)CSc2nnc(-c3ccc(Cl)cc3)o2)cc(C(=O)OC)c1. The second kappa shape index (κ2) is 10.1. The summed E-state index contributed by atoms with van der Waals surface area (Å²) in [6, 6.07) is 11.0. The number of anilines is 1. The number of nitrogens with one attached hydrogen (secondary N) is 1. The Morgan fingerprint density at radius 3 is 2.19 bits per heavy atom. The van der Waals surface area contributed by atoms with Crippen molar-refractivity contribution in [2.45, 2.75) is 5.22 Å². The summed E-state index contributed by atoms with van der Waals surface area (Å²) in [7, 11) is 2.43. The quantitative estimate of drug-likeness (QED) is 0.414. The number of benzene rings is 2. The molecule has 0 fully saturated rings. The monoisotopic (exact) mass is 461 g/mol. The van der Waals surface area contributed by atoms with E-state index >= 15 is 0 Å². The molecule has 9 nitrogen and oxygen atoms in total. The molecule has 0 aliphatic carbocycles. The van der Waals surface area contributed by atoms with E-state index in [9.17, 15) is 14.4 Å². The molecule has 1 heterocycles. The largest absolute Gasteiger partial charge is 0.465 e. The van der Waals surface area contributed by atoms with Crippen LogP contribution in [0.5, 0.6) is 0 Å². The van der Waals surface area contributed by atoms with E-state index in [0.717, 1.165) is 11.8 Å². The van der Waals surface area contributed by atoms with E-state index in [1.165, 1.54) is 32.4 Å². The summed E-state index contributed by atoms with van der Waals surface area (Å²) in [5.74, 6) is -1.47. The van der Waals surface area contributed by atoms with E-state index in [1.54, 1.807) is 24.3 Å². The minimum Gasteiger partial charge on any atom is -0.465 e. The molecule has 2 aromatic carbocycles. The Labute approximate surface area is 186 Å². The van der Waals surface area contributed by atoms with Crippen molar-refractivity contribution in [1.82, 2.24) is 10.2 Å². The van der Waals surface area contributed by atoms with Crippen molar-refractivity contribution in [3.05, 3.63) is 58.6 Å². The summed E-state index contributed by atoms with van der Waals surface area (Å²) in [6.07, 6.45) is 0. The van der Waals surface area contributed by atoms with E-state index in [1.807, 2.05) is 0 Å². The van der Waals surface area contributed by atoms with Gasteiger partial charge in [-0.3, -0.25) is 4.79 Å². The van der Waals surface area contributed by atoms with Crippen LogP contribution in [-0.4, -0.2) is 48.0 Å². The van der Waals surface area contributed by atoms with Gasteiger partial charge in [-0.15, -0.1) is 10.2 Å². The maximum atomic E-state index is 12.3. The van der Waals surface area contributed by atoms with E-state index in [-0.39, 0.29) is 27.8 Å². The highest BCUT2D eigenvalue weighted by Crippen LogP contribution is 2.25. The van der Waals surface area contributed by atoms with Gasteiger partial charge in [0.2, 0.25) is 11.8 Å². The van der Waals surface area contributed by atoms with Crippen LogP contribution in [0.25, 0.3) is 11.5 Å². The van der Waals surface area contributed by atoms with Gasteiger partial charge in [-0.1, -0.05) is 23.4 Å². The summed E-state index contributed by atoms with van der Waals surface area (Å²) in [6.45, 7) is 0. The number of carbonyl (C=O) groups is 3. The highest BCUT2D eigenvalue weighted by molar-refractivity contribution is 7.99. The lowest BCUT2D eigenvalue weighted by Gasteiger charge is -2.09. The van der Waals surface area contributed by atoms with Crippen molar-refractivity contribution in [3.8, 4) is 11.5 Å². The lowest BCUT2D eigenvalue weighted by Crippen LogP contribution is -2.16. The van der Waals surface area contributed by atoms with E-state index in [2.05, 4.69) is 25.0 Å². The van der Waals surface area contributed by atoms with Crippen molar-refractivity contribution in [2.75, 3.05) is 25.3 Å². The number of hydrogen-bond acceptors (Lipinski definition) is 9. The number of esters is 2. The van der Waals surface area contributed by atoms with Gasteiger partial charge in [0, 0.05) is 16.3 Å². The number of hydrogen-bond donors (Lipinski definition) is 1. The number of ether oxygens (including phenoxy) is 2. The van der Waals surface area contributed by atoms with Crippen molar-refractivity contribution < 1.29 is 28.3 Å². The summed E-state index contributed by atoms with van der Waals surface area (Å²) < 4.78 is 14.9. The smallest absolute Gasteiger partial charge is 0.337 e. The molecule has 0 aliphatic heterocycles. The van der Waals surface area contributed by atoms with Crippen LogP contribution in [-0.2, 0) is 14.3 Å². The summed E-state index contributed by atoms with van der Waals surface area (Å²) in [5, 5.41) is 11.3. The summed E-state index contributed by atoms with van der Waals surface area (Å²) in [4.78, 5) is 36.0. The molecule has 31 heavy (non-hydrogen) atoms. The number of nitrogens with zero attached hydrogens (tertiary/aromatic N) is 2. The van der Waals surface area contributed by atoms with Gasteiger partial charge in [0.15, 0.2) is 0 Å². The molecular formula is C20H16ClN3O6S. The molecule has 0 atom stereocenters. The first-order chi connectivity index (χ1) is 14.9. The third kappa shape index (κ3) is 5.83. The molecule has 160 valence electrons. The minimum atomic E-state index is -0.656. The molecule has 1 N–H and O–H groups in total. The topological polar surface area (TPSA) is 121 Å². The van der Waals surface area contributed by atoms with Gasteiger partial charge in [0.25, 0.3) is 5.22 Å². The molecule has 3 rings (SSSR count). The summed E-state index contributed by atoms with van der Waals surface area (Å²) >= 11 is 6.89. The number of methoxy groups -OCH3 is 2. The van der Waals surface area contributed by atoms with Gasteiger partial charge < -0.3 is 19.2 Å². The van der Waals surface area contributed by atoms with Crippen molar-refractivity contribution >= 4 is 46.9 Å². The molecule has 0 aliphatic rings. The molecule has 0 saturated carbocycles. The molecule has 1 aromatic heterocycles. The number of amides is 1. The third-order valence-corrected chi connectivity index (χ3v) is 4.95. The first kappa shape index (κ1) is 22.3. The van der Waals surface area contributed by atoms with Gasteiger partial charge in [-0.2, -0.15) is 0 Å². The zero-order chi connectivity index (χ0) is 22.4. The predicted octanol–water partition coefficient (Wildman–Crippen LogP) is 3.69. The number of aromatic nitrogens is 2. The maximum Gasteiger partial charge on any atom is 0.337 e.